The Hall–Kier alpha value is 0.440. The molecule has 0 radical (unpaired) electrons. The first-order chi connectivity index (χ1) is 8.21. The van der Waals surface area contributed by atoms with Crippen molar-refractivity contribution in [2.24, 2.45) is 5.41 Å². The van der Waals surface area contributed by atoms with Gasteiger partial charge in [-0.1, -0.05) is 49.5 Å². The lowest BCUT2D eigenvalue weighted by Gasteiger charge is -2.42. The minimum absolute atomic E-state index is 0.503. The zero-order chi connectivity index (χ0) is 12.7. The number of rotatable bonds is 7. The summed E-state index contributed by atoms with van der Waals surface area (Å²) in [5, 5.41) is 1.16. The van der Waals surface area contributed by atoms with Crippen molar-refractivity contribution >= 4 is 15.9 Å². The summed E-state index contributed by atoms with van der Waals surface area (Å²) in [6.45, 7) is 9.66. The molecule has 0 aromatic carbocycles. The highest BCUT2D eigenvalue weighted by Gasteiger charge is 2.31. The van der Waals surface area contributed by atoms with E-state index in [1.54, 1.807) is 0 Å². The van der Waals surface area contributed by atoms with Crippen molar-refractivity contribution in [1.82, 2.24) is 4.90 Å². The van der Waals surface area contributed by atoms with Gasteiger partial charge in [0, 0.05) is 17.9 Å². The van der Waals surface area contributed by atoms with Crippen LogP contribution in [0.2, 0.25) is 0 Å². The Bertz CT molecular complexity index is 191. The maximum Gasteiger partial charge on any atom is 0.01000 e. The van der Waals surface area contributed by atoms with Crippen LogP contribution in [0.5, 0.6) is 0 Å². The fourth-order valence-electron chi connectivity index (χ4n) is 3.06. The van der Waals surface area contributed by atoms with Crippen LogP contribution in [0.3, 0.4) is 0 Å². The maximum absolute atomic E-state index is 3.75. The second kappa shape index (κ2) is 7.78. The first-order valence-electron chi connectivity index (χ1n) is 7.51. The average molecular weight is 304 g/mol. The number of halogens is 1. The molecule has 1 atom stereocenters. The van der Waals surface area contributed by atoms with Crippen molar-refractivity contribution < 1.29 is 0 Å². The number of hydrogen-bond acceptors (Lipinski definition) is 1. The van der Waals surface area contributed by atoms with E-state index in [1.165, 1.54) is 58.0 Å². The third-order valence-corrected chi connectivity index (χ3v) is 5.88. The molecule has 0 aliphatic carbocycles. The first-order valence-corrected chi connectivity index (χ1v) is 8.63. The Morgan fingerprint density at radius 3 is 2.41 bits per heavy atom. The van der Waals surface area contributed by atoms with Crippen molar-refractivity contribution in [1.29, 1.82) is 0 Å². The molecule has 1 rings (SSSR count). The van der Waals surface area contributed by atoms with Gasteiger partial charge in [0.2, 0.25) is 0 Å². The van der Waals surface area contributed by atoms with Crippen LogP contribution in [-0.2, 0) is 0 Å². The molecular weight excluding hydrogens is 274 g/mol. The molecule has 1 nitrogen and oxygen atoms in total. The van der Waals surface area contributed by atoms with Gasteiger partial charge in [0.15, 0.2) is 0 Å². The molecule has 0 aromatic rings. The lowest BCUT2D eigenvalue weighted by atomic mass is 9.82. The van der Waals surface area contributed by atoms with Gasteiger partial charge >= 0.3 is 0 Å². The van der Waals surface area contributed by atoms with Crippen molar-refractivity contribution in [3.8, 4) is 0 Å². The molecule has 1 aliphatic rings. The van der Waals surface area contributed by atoms with Gasteiger partial charge in [0.1, 0.15) is 0 Å². The van der Waals surface area contributed by atoms with E-state index in [4.69, 9.17) is 0 Å². The van der Waals surface area contributed by atoms with Gasteiger partial charge in [-0.3, -0.25) is 4.90 Å². The van der Waals surface area contributed by atoms with Crippen LogP contribution >= 0.6 is 15.9 Å². The SMILES string of the molecule is CCCC1CCCCN1CC(CC)(CC)CBr. The molecule has 1 aliphatic heterocycles. The van der Waals surface area contributed by atoms with E-state index in [0.717, 1.165) is 11.4 Å². The minimum atomic E-state index is 0.503. The molecule has 17 heavy (non-hydrogen) atoms. The van der Waals surface area contributed by atoms with Crippen molar-refractivity contribution in [3.05, 3.63) is 0 Å². The van der Waals surface area contributed by atoms with Gasteiger partial charge in [-0.2, -0.15) is 0 Å². The highest BCUT2D eigenvalue weighted by Crippen LogP contribution is 2.33. The quantitative estimate of drug-likeness (QED) is 0.608. The molecule has 1 fully saturated rings. The maximum atomic E-state index is 3.75. The van der Waals surface area contributed by atoms with E-state index in [9.17, 15) is 0 Å². The smallest absolute Gasteiger partial charge is 0.01000 e. The lowest BCUT2D eigenvalue weighted by molar-refractivity contribution is 0.0811. The molecule has 0 bridgehead atoms. The van der Waals surface area contributed by atoms with E-state index >= 15 is 0 Å². The molecule has 1 saturated heterocycles. The zero-order valence-electron chi connectivity index (χ0n) is 12.0. The summed E-state index contributed by atoms with van der Waals surface area (Å²) in [4.78, 5) is 2.79. The van der Waals surface area contributed by atoms with E-state index in [2.05, 4.69) is 41.6 Å². The van der Waals surface area contributed by atoms with E-state index in [-0.39, 0.29) is 0 Å². The van der Waals surface area contributed by atoms with Crippen LogP contribution in [-0.4, -0.2) is 29.4 Å². The van der Waals surface area contributed by atoms with E-state index < -0.39 is 0 Å². The molecule has 0 amide bonds. The average Bonchev–Trinajstić information content (AvgIpc) is 2.38. The largest absolute Gasteiger partial charge is 0.300 e. The standard InChI is InChI=1S/C15H30BrN/c1-4-9-14-10-7-8-11-17(14)13-15(5-2,6-3)12-16/h14H,4-13H2,1-3H3. The van der Waals surface area contributed by atoms with Gasteiger partial charge in [-0.25, -0.2) is 0 Å². The summed E-state index contributed by atoms with van der Waals surface area (Å²) in [6, 6.07) is 0.866. The molecule has 2 heteroatoms. The van der Waals surface area contributed by atoms with Gasteiger partial charge in [0.05, 0.1) is 0 Å². The second-order valence-electron chi connectivity index (χ2n) is 5.75. The van der Waals surface area contributed by atoms with Gasteiger partial charge in [-0.15, -0.1) is 0 Å². The zero-order valence-corrected chi connectivity index (χ0v) is 13.6. The van der Waals surface area contributed by atoms with Crippen molar-refractivity contribution in [2.45, 2.75) is 71.8 Å². The first kappa shape index (κ1) is 15.5. The molecule has 1 heterocycles. The molecule has 1 unspecified atom stereocenters. The fourth-order valence-corrected chi connectivity index (χ4v) is 4.03. The van der Waals surface area contributed by atoms with Crippen LogP contribution in [0.15, 0.2) is 0 Å². The second-order valence-corrected chi connectivity index (χ2v) is 6.31. The summed E-state index contributed by atoms with van der Waals surface area (Å²) in [6.07, 6.45) is 9.60. The molecule has 0 spiro atoms. The number of alkyl halides is 1. The molecule has 102 valence electrons. The Balaban J connectivity index is 2.61. The highest BCUT2D eigenvalue weighted by molar-refractivity contribution is 9.09. The van der Waals surface area contributed by atoms with Gasteiger partial charge < -0.3 is 0 Å². The predicted octanol–water partition coefficient (Wildman–Crippen LogP) is 4.84. The third-order valence-electron chi connectivity index (χ3n) is 4.69. The minimum Gasteiger partial charge on any atom is -0.300 e. The lowest BCUT2D eigenvalue weighted by Crippen LogP contribution is -2.46. The van der Waals surface area contributed by atoms with Crippen LogP contribution in [0.1, 0.15) is 65.7 Å². The Labute approximate surface area is 116 Å². The number of piperidine rings is 1. The Morgan fingerprint density at radius 2 is 1.88 bits per heavy atom. The van der Waals surface area contributed by atoms with Crippen molar-refractivity contribution in [3.63, 3.8) is 0 Å². The monoisotopic (exact) mass is 303 g/mol. The topological polar surface area (TPSA) is 3.24 Å². The van der Waals surface area contributed by atoms with E-state index in [0.29, 0.717) is 5.41 Å². The summed E-state index contributed by atoms with van der Waals surface area (Å²) < 4.78 is 0. The molecule has 0 N–H and O–H groups in total. The summed E-state index contributed by atoms with van der Waals surface area (Å²) in [7, 11) is 0. The normalized spacial score (nSPS) is 22.9. The molecule has 0 aromatic heterocycles. The van der Waals surface area contributed by atoms with Crippen molar-refractivity contribution in [2.75, 3.05) is 18.4 Å². The number of nitrogens with zero attached hydrogens (tertiary/aromatic N) is 1. The summed E-state index contributed by atoms with van der Waals surface area (Å²) in [5.74, 6) is 0. The third kappa shape index (κ3) is 4.24. The predicted molar refractivity (Wildman–Crippen MR) is 80.9 cm³/mol. The number of hydrogen-bond donors (Lipinski definition) is 0. The molecule has 0 saturated carbocycles. The highest BCUT2D eigenvalue weighted by atomic mass is 79.9. The van der Waals surface area contributed by atoms with Gasteiger partial charge in [-0.05, 0) is 44.1 Å². The van der Waals surface area contributed by atoms with Gasteiger partial charge in [0.25, 0.3) is 0 Å². The summed E-state index contributed by atoms with van der Waals surface area (Å²) in [5.41, 5.74) is 0.503. The molecular formula is C15H30BrN. The van der Waals surface area contributed by atoms with Crippen LogP contribution in [0.25, 0.3) is 0 Å². The number of likely N-dealkylation sites (tertiary alicyclic amines) is 1. The summed E-state index contributed by atoms with van der Waals surface area (Å²) >= 11 is 3.75. The van der Waals surface area contributed by atoms with Crippen LogP contribution in [0, 0.1) is 5.41 Å². The Morgan fingerprint density at radius 1 is 1.18 bits per heavy atom. The van der Waals surface area contributed by atoms with Crippen LogP contribution < -0.4 is 0 Å². The fraction of sp³-hybridized carbons (Fsp3) is 1.00. The van der Waals surface area contributed by atoms with Crippen LogP contribution in [0.4, 0.5) is 0 Å². The van der Waals surface area contributed by atoms with E-state index in [1.807, 2.05) is 0 Å². The Kier molecular flexibility index (Phi) is 7.10.